The van der Waals surface area contributed by atoms with Gasteiger partial charge in [-0.3, -0.25) is 4.72 Å². The van der Waals surface area contributed by atoms with Crippen molar-refractivity contribution in [3.63, 3.8) is 0 Å². The normalized spacial score (nSPS) is 11.7. The van der Waals surface area contributed by atoms with Gasteiger partial charge in [0, 0.05) is 5.56 Å². The first-order valence-corrected chi connectivity index (χ1v) is 8.70. The van der Waals surface area contributed by atoms with Crippen LogP contribution in [0.15, 0.2) is 47.4 Å². The van der Waals surface area contributed by atoms with Crippen LogP contribution in [0.2, 0.25) is 0 Å². The van der Waals surface area contributed by atoms with E-state index in [-0.39, 0.29) is 4.91 Å². The van der Waals surface area contributed by atoms with Crippen molar-refractivity contribution in [2.24, 2.45) is 0 Å². The van der Waals surface area contributed by atoms with Crippen molar-refractivity contribution >= 4 is 21.8 Å². The number of methoxy groups -OCH3 is 1. The molecule has 2 rings (SSSR count). The molecule has 0 amide bonds. The first-order chi connectivity index (χ1) is 11.4. The number of para-hydroxylation sites is 1. The Labute approximate surface area is 142 Å². The Morgan fingerprint density at radius 3 is 2.54 bits per heavy atom. The Kier molecular flexibility index (Phi) is 5.27. The number of rotatable bonds is 5. The first-order valence-electron chi connectivity index (χ1n) is 7.22. The van der Waals surface area contributed by atoms with Crippen LogP contribution in [-0.4, -0.2) is 15.5 Å². The molecule has 0 bridgehead atoms. The van der Waals surface area contributed by atoms with E-state index in [0.717, 1.165) is 11.1 Å². The van der Waals surface area contributed by atoms with E-state index >= 15 is 0 Å². The van der Waals surface area contributed by atoms with Crippen molar-refractivity contribution in [3.8, 4) is 11.8 Å². The summed E-state index contributed by atoms with van der Waals surface area (Å²) < 4.78 is 32.7. The molecule has 2 aromatic carbocycles. The number of nitrogens with one attached hydrogen (secondary N) is 1. The maximum Gasteiger partial charge on any atom is 0.272 e. The van der Waals surface area contributed by atoms with E-state index in [4.69, 9.17) is 4.74 Å². The van der Waals surface area contributed by atoms with Crippen LogP contribution in [0.1, 0.15) is 16.7 Å². The van der Waals surface area contributed by atoms with Crippen molar-refractivity contribution in [1.29, 1.82) is 5.26 Å². The van der Waals surface area contributed by atoms with Gasteiger partial charge in [0.2, 0.25) is 0 Å². The Hall–Kier alpha value is -2.78. The van der Waals surface area contributed by atoms with E-state index in [1.165, 1.54) is 13.2 Å². The van der Waals surface area contributed by atoms with Crippen molar-refractivity contribution in [3.05, 3.63) is 64.1 Å². The summed E-state index contributed by atoms with van der Waals surface area (Å²) in [5.74, 6) is 0.493. The number of nitriles is 1. The third-order valence-electron chi connectivity index (χ3n) is 3.45. The van der Waals surface area contributed by atoms with Crippen molar-refractivity contribution in [1.82, 2.24) is 0 Å². The highest BCUT2D eigenvalue weighted by atomic mass is 32.2. The Morgan fingerprint density at radius 2 is 1.92 bits per heavy atom. The molecule has 0 atom stereocenters. The number of hydrogen-bond acceptors (Lipinski definition) is 4. The van der Waals surface area contributed by atoms with E-state index < -0.39 is 10.0 Å². The van der Waals surface area contributed by atoms with Gasteiger partial charge in [-0.15, -0.1) is 0 Å². The van der Waals surface area contributed by atoms with Crippen molar-refractivity contribution in [2.75, 3.05) is 11.8 Å². The molecule has 1 N–H and O–H groups in total. The largest absolute Gasteiger partial charge is 0.496 e. The van der Waals surface area contributed by atoms with Gasteiger partial charge < -0.3 is 4.74 Å². The minimum absolute atomic E-state index is 0.382. The Morgan fingerprint density at radius 1 is 1.21 bits per heavy atom. The second kappa shape index (κ2) is 7.20. The minimum Gasteiger partial charge on any atom is -0.496 e. The second-order valence-electron chi connectivity index (χ2n) is 5.29. The van der Waals surface area contributed by atoms with Crippen LogP contribution < -0.4 is 9.46 Å². The maximum absolute atomic E-state index is 12.5. The predicted molar refractivity (Wildman–Crippen MR) is 95.0 cm³/mol. The number of nitrogens with zero attached hydrogens (tertiary/aromatic N) is 1. The second-order valence-corrected chi connectivity index (χ2v) is 6.94. The van der Waals surface area contributed by atoms with Gasteiger partial charge in [-0.2, -0.15) is 5.26 Å². The fraction of sp³-hybridized carbons (Fsp3) is 0.167. The molecular weight excluding hydrogens is 324 g/mol. The third-order valence-corrected chi connectivity index (χ3v) is 4.73. The molecule has 0 radical (unpaired) electrons. The lowest BCUT2D eigenvalue weighted by Crippen LogP contribution is -2.15. The van der Waals surface area contributed by atoms with Gasteiger partial charge in [-0.05, 0) is 37.6 Å². The molecule has 0 aromatic heterocycles. The fourth-order valence-electron chi connectivity index (χ4n) is 2.22. The molecule has 0 aliphatic carbocycles. The molecule has 0 aliphatic rings. The summed E-state index contributed by atoms with van der Waals surface area (Å²) in [6, 6.07) is 14.0. The smallest absolute Gasteiger partial charge is 0.272 e. The quantitative estimate of drug-likeness (QED) is 0.842. The summed E-state index contributed by atoms with van der Waals surface area (Å²) in [4.78, 5) is -0.382. The van der Waals surface area contributed by atoms with Crippen LogP contribution in [-0.2, 0) is 10.0 Å². The molecule has 0 saturated carbocycles. The van der Waals surface area contributed by atoms with Crippen LogP contribution in [0.25, 0.3) is 6.08 Å². The highest BCUT2D eigenvalue weighted by molar-refractivity contribution is 7.97. The van der Waals surface area contributed by atoms with Gasteiger partial charge >= 0.3 is 0 Å². The van der Waals surface area contributed by atoms with Gasteiger partial charge in [-0.1, -0.05) is 35.9 Å². The van der Waals surface area contributed by atoms with Gasteiger partial charge in [-0.25, -0.2) is 8.42 Å². The summed E-state index contributed by atoms with van der Waals surface area (Å²) >= 11 is 0. The number of benzene rings is 2. The molecule has 6 heteroatoms. The monoisotopic (exact) mass is 342 g/mol. The topological polar surface area (TPSA) is 79.2 Å². The van der Waals surface area contributed by atoms with Gasteiger partial charge in [0.1, 0.15) is 11.8 Å². The zero-order valence-corrected chi connectivity index (χ0v) is 14.5. The predicted octanol–water partition coefficient (Wildman–Crippen LogP) is 3.62. The van der Waals surface area contributed by atoms with E-state index in [1.807, 2.05) is 13.0 Å². The molecule has 0 unspecified atom stereocenters. The third kappa shape index (κ3) is 3.94. The zero-order chi connectivity index (χ0) is 17.7. The van der Waals surface area contributed by atoms with Crippen LogP contribution in [0.4, 0.5) is 5.69 Å². The SMILES string of the molecule is COc1ccccc1C=C(C#N)S(=O)(=O)Nc1ccc(C)cc1C. The molecule has 24 heavy (non-hydrogen) atoms. The molecule has 124 valence electrons. The van der Waals surface area contributed by atoms with Crippen LogP contribution in [0.3, 0.4) is 0 Å². The van der Waals surface area contributed by atoms with Crippen LogP contribution >= 0.6 is 0 Å². The maximum atomic E-state index is 12.5. The number of sulfonamides is 1. The molecule has 2 aromatic rings. The number of aryl methyl sites for hydroxylation is 2. The van der Waals surface area contributed by atoms with E-state index in [1.54, 1.807) is 49.4 Å². The number of anilines is 1. The zero-order valence-electron chi connectivity index (χ0n) is 13.7. The van der Waals surface area contributed by atoms with Gasteiger partial charge in [0.15, 0.2) is 4.91 Å². The molecule has 0 saturated heterocycles. The summed E-state index contributed by atoms with van der Waals surface area (Å²) in [5, 5.41) is 9.30. The number of allylic oxidation sites excluding steroid dienone is 1. The average molecular weight is 342 g/mol. The van der Waals surface area contributed by atoms with Crippen LogP contribution in [0, 0.1) is 25.2 Å². The lowest BCUT2D eigenvalue weighted by Gasteiger charge is -2.11. The lowest BCUT2D eigenvalue weighted by molar-refractivity contribution is 0.414. The molecule has 0 fully saturated rings. The fourth-order valence-corrected chi connectivity index (χ4v) is 3.26. The highest BCUT2D eigenvalue weighted by Crippen LogP contribution is 2.24. The van der Waals surface area contributed by atoms with E-state index in [0.29, 0.717) is 17.0 Å². The molecule has 0 heterocycles. The average Bonchev–Trinajstić information content (AvgIpc) is 2.55. The van der Waals surface area contributed by atoms with Crippen molar-refractivity contribution < 1.29 is 13.2 Å². The molecule has 5 nitrogen and oxygen atoms in total. The summed E-state index contributed by atoms with van der Waals surface area (Å²) in [6.07, 6.45) is 1.30. The number of ether oxygens (including phenoxy) is 1. The standard InChI is InChI=1S/C18H18N2O3S/c1-13-8-9-17(14(2)10-13)20-24(21,22)16(12-19)11-15-6-4-5-7-18(15)23-3/h4-11,20H,1-3H3. The Bertz CT molecular complexity index is 926. The first kappa shape index (κ1) is 17.6. The highest BCUT2D eigenvalue weighted by Gasteiger charge is 2.19. The lowest BCUT2D eigenvalue weighted by atomic mass is 10.1. The summed E-state index contributed by atoms with van der Waals surface area (Å²) in [7, 11) is -2.50. The molecular formula is C18H18N2O3S. The molecule has 0 aliphatic heterocycles. The van der Waals surface area contributed by atoms with Crippen molar-refractivity contribution in [2.45, 2.75) is 13.8 Å². The summed E-state index contributed by atoms with van der Waals surface area (Å²) in [6.45, 7) is 3.73. The van der Waals surface area contributed by atoms with Crippen LogP contribution in [0.5, 0.6) is 5.75 Å². The van der Waals surface area contributed by atoms with Gasteiger partial charge in [0.05, 0.1) is 12.8 Å². The van der Waals surface area contributed by atoms with Gasteiger partial charge in [0.25, 0.3) is 10.0 Å². The summed E-state index contributed by atoms with van der Waals surface area (Å²) in [5.41, 5.74) is 2.78. The Balaban J connectivity index is 2.42. The van der Waals surface area contributed by atoms with E-state index in [9.17, 15) is 13.7 Å². The molecule has 0 spiro atoms. The van der Waals surface area contributed by atoms with E-state index in [2.05, 4.69) is 4.72 Å². The minimum atomic E-state index is -3.99. The number of hydrogen-bond donors (Lipinski definition) is 1.